The van der Waals surface area contributed by atoms with Crippen molar-refractivity contribution >= 4 is 40.5 Å². The first-order valence-corrected chi connectivity index (χ1v) is 16.1. The van der Waals surface area contributed by atoms with Gasteiger partial charge in [-0.15, -0.1) is 0 Å². The number of hydrogen-bond donors (Lipinski definition) is 2. The number of pyridine rings is 1. The molecule has 10 heteroatoms. The minimum absolute atomic E-state index is 0.0289. The molecule has 0 radical (unpaired) electrons. The molecule has 3 heterocycles. The first-order chi connectivity index (χ1) is 22.4. The molecule has 2 aliphatic heterocycles. The lowest BCUT2D eigenvalue weighted by Crippen LogP contribution is -2.47. The maximum atomic E-state index is 13.6. The Morgan fingerprint density at radius 2 is 1.49 bits per heavy atom. The molecular weight excluding hydrogens is 616 g/mol. The second-order valence-electron chi connectivity index (χ2n) is 13.3. The third-order valence-corrected chi connectivity index (χ3v) is 9.36. The van der Waals surface area contributed by atoms with E-state index in [-0.39, 0.29) is 28.7 Å². The lowest BCUT2D eigenvalue weighted by Gasteiger charge is -2.44. The Hall–Kier alpha value is -4.76. The number of methoxy groups -OCH3 is 2. The van der Waals surface area contributed by atoms with Crippen LogP contribution in [0.15, 0.2) is 77.6 Å². The van der Waals surface area contributed by atoms with Crippen LogP contribution in [-0.2, 0) is 12.0 Å². The Morgan fingerprint density at radius 1 is 0.809 bits per heavy atom. The molecule has 2 N–H and O–H groups in total. The van der Waals surface area contributed by atoms with Crippen molar-refractivity contribution in [2.45, 2.75) is 45.1 Å². The monoisotopic (exact) mass is 654 g/mol. The number of fused-ring (bicyclic) bond motifs is 4. The van der Waals surface area contributed by atoms with Gasteiger partial charge in [-0.2, -0.15) is 0 Å². The number of nitrogens with one attached hydrogen (secondary N) is 2. The highest BCUT2D eigenvalue weighted by molar-refractivity contribution is 6.32. The number of carbonyl (C=O) groups is 2. The van der Waals surface area contributed by atoms with Crippen molar-refractivity contribution in [3.8, 4) is 11.5 Å². The summed E-state index contributed by atoms with van der Waals surface area (Å²) in [7, 11) is 3.00. The fraction of sp³-hybridized carbons (Fsp3) is 0.324. The first kappa shape index (κ1) is 32.2. The summed E-state index contributed by atoms with van der Waals surface area (Å²) in [4.78, 5) is 42.1. The van der Waals surface area contributed by atoms with Gasteiger partial charge in [0.05, 0.1) is 36.3 Å². The number of anilines is 3. The van der Waals surface area contributed by atoms with Crippen molar-refractivity contribution in [2.75, 3.05) is 42.8 Å². The van der Waals surface area contributed by atoms with Gasteiger partial charge < -0.3 is 29.6 Å². The van der Waals surface area contributed by atoms with Crippen LogP contribution in [0.4, 0.5) is 17.1 Å². The average molecular weight is 655 g/mol. The summed E-state index contributed by atoms with van der Waals surface area (Å²) in [5.41, 5.74) is 4.72. The summed E-state index contributed by atoms with van der Waals surface area (Å²) in [5, 5.41) is 6.31. The highest BCUT2D eigenvalue weighted by atomic mass is 35.5. The largest absolute Gasteiger partial charge is 0.495 e. The van der Waals surface area contributed by atoms with E-state index in [2.05, 4.69) is 36.3 Å². The van der Waals surface area contributed by atoms with Gasteiger partial charge in [-0.1, -0.05) is 50.6 Å². The maximum Gasteiger partial charge on any atom is 0.255 e. The number of benzene rings is 3. The van der Waals surface area contributed by atoms with E-state index in [1.54, 1.807) is 30.3 Å². The fourth-order valence-corrected chi connectivity index (χ4v) is 6.86. The van der Waals surface area contributed by atoms with E-state index in [0.29, 0.717) is 58.7 Å². The van der Waals surface area contributed by atoms with Crippen molar-refractivity contribution in [1.29, 1.82) is 0 Å². The summed E-state index contributed by atoms with van der Waals surface area (Å²) in [6.45, 7) is 8.43. The summed E-state index contributed by atoms with van der Waals surface area (Å²) in [6.07, 6.45) is 0.995. The zero-order chi connectivity index (χ0) is 33.5. The zero-order valence-electron chi connectivity index (χ0n) is 27.2. The van der Waals surface area contributed by atoms with Gasteiger partial charge in [0.2, 0.25) is 0 Å². The quantitative estimate of drug-likeness (QED) is 0.224. The topological polar surface area (TPSA) is 102 Å². The number of rotatable bonds is 7. The first-order valence-electron chi connectivity index (χ1n) is 15.7. The molecule has 0 aliphatic carbocycles. The van der Waals surface area contributed by atoms with Crippen LogP contribution >= 0.6 is 11.6 Å². The molecule has 0 spiro atoms. The second kappa shape index (κ2) is 12.8. The fourth-order valence-electron chi connectivity index (χ4n) is 6.61. The molecule has 6 rings (SSSR count). The summed E-state index contributed by atoms with van der Waals surface area (Å²) in [5.74, 6) is 0.574. The van der Waals surface area contributed by atoms with Crippen LogP contribution in [0.3, 0.4) is 0 Å². The number of aromatic nitrogens is 1. The smallest absolute Gasteiger partial charge is 0.255 e. The Kier molecular flexibility index (Phi) is 8.76. The molecule has 0 saturated carbocycles. The lowest BCUT2D eigenvalue weighted by molar-refractivity contribution is 0.101. The molecule has 2 atom stereocenters. The maximum absolute atomic E-state index is 13.6. The molecular formula is C37H39ClN4O5. The van der Waals surface area contributed by atoms with E-state index in [1.165, 1.54) is 14.2 Å². The number of amides is 2. The molecule has 3 aromatic carbocycles. The van der Waals surface area contributed by atoms with Crippen molar-refractivity contribution in [3.63, 3.8) is 0 Å². The van der Waals surface area contributed by atoms with Gasteiger partial charge in [-0.05, 0) is 65.8 Å². The highest BCUT2D eigenvalue weighted by Gasteiger charge is 2.35. The van der Waals surface area contributed by atoms with Gasteiger partial charge in [0, 0.05) is 54.5 Å². The lowest BCUT2D eigenvalue weighted by atomic mass is 9.83. The van der Waals surface area contributed by atoms with Crippen LogP contribution in [0, 0.1) is 5.92 Å². The Balaban J connectivity index is 1.33. The molecule has 1 aromatic heterocycles. The predicted molar refractivity (Wildman–Crippen MR) is 186 cm³/mol. The zero-order valence-corrected chi connectivity index (χ0v) is 28.0. The summed E-state index contributed by atoms with van der Waals surface area (Å²) >= 11 is 6.35. The van der Waals surface area contributed by atoms with E-state index in [4.69, 9.17) is 21.1 Å². The third kappa shape index (κ3) is 6.58. The van der Waals surface area contributed by atoms with Crippen LogP contribution in [0.1, 0.15) is 65.1 Å². The summed E-state index contributed by atoms with van der Waals surface area (Å²) < 4.78 is 12.6. The normalized spacial score (nSPS) is 17.0. The van der Waals surface area contributed by atoms with Crippen LogP contribution in [0.2, 0.25) is 5.02 Å². The van der Waals surface area contributed by atoms with Crippen molar-refractivity contribution < 1.29 is 19.1 Å². The van der Waals surface area contributed by atoms with E-state index < -0.39 is 5.91 Å². The SMILES string of the molecule is COc1cc(OC)c(NC(=O)c2ccc(N3C[C@H]4C[C@@H](C3)c3cccc(=O)n3C4)c(NC(=O)c3ccc(C(C)(C)C)cc3)c2)cc1Cl. The van der Waals surface area contributed by atoms with E-state index in [0.717, 1.165) is 23.4 Å². The van der Waals surface area contributed by atoms with Crippen LogP contribution in [0.5, 0.6) is 11.5 Å². The molecule has 1 saturated heterocycles. The molecule has 2 amide bonds. The molecule has 2 aliphatic rings. The average Bonchev–Trinajstić information content (AvgIpc) is 3.05. The van der Waals surface area contributed by atoms with Crippen LogP contribution in [0.25, 0.3) is 0 Å². The number of piperidine rings is 1. The molecule has 4 aromatic rings. The Bertz CT molecular complexity index is 1900. The molecule has 2 bridgehead atoms. The number of carbonyl (C=O) groups excluding carboxylic acids is 2. The number of ether oxygens (including phenoxy) is 2. The van der Waals surface area contributed by atoms with E-state index >= 15 is 0 Å². The van der Waals surface area contributed by atoms with Gasteiger partial charge in [0.1, 0.15) is 11.5 Å². The van der Waals surface area contributed by atoms with Crippen molar-refractivity contribution in [1.82, 2.24) is 4.57 Å². The molecule has 1 fully saturated rings. The van der Waals surface area contributed by atoms with Crippen LogP contribution < -0.4 is 30.6 Å². The third-order valence-electron chi connectivity index (χ3n) is 9.06. The summed E-state index contributed by atoms with van der Waals surface area (Å²) in [6, 6.07) is 21.6. The minimum Gasteiger partial charge on any atom is -0.495 e. The Labute approximate surface area is 279 Å². The standard InChI is InChI=1S/C37H39ClN4O5/c1-37(2,3)26-12-9-23(10-13-26)35(44)39-28-16-24(36(45)40-29-17-27(38)32(46-4)18-33(29)47-5)11-14-31(28)41-19-22-15-25(21-41)30-7-6-8-34(43)42(30)20-22/h6-14,16-18,22,25H,15,19-21H2,1-5H3,(H,39,44)(H,40,45)/t22-,25+/m1/s1. The van der Waals surface area contributed by atoms with Gasteiger partial charge in [0.25, 0.3) is 17.4 Å². The van der Waals surface area contributed by atoms with Gasteiger partial charge in [0.15, 0.2) is 0 Å². The predicted octanol–water partition coefficient (Wildman–Crippen LogP) is 6.94. The minimum atomic E-state index is -0.398. The molecule has 0 unspecified atom stereocenters. The highest BCUT2D eigenvalue weighted by Crippen LogP contribution is 2.40. The van der Waals surface area contributed by atoms with Crippen LogP contribution in [-0.4, -0.2) is 43.7 Å². The van der Waals surface area contributed by atoms with Crippen molar-refractivity contribution in [3.05, 3.63) is 111 Å². The van der Waals surface area contributed by atoms with E-state index in [9.17, 15) is 14.4 Å². The number of halogens is 1. The van der Waals surface area contributed by atoms with Gasteiger partial charge in [-0.3, -0.25) is 14.4 Å². The van der Waals surface area contributed by atoms with Gasteiger partial charge >= 0.3 is 0 Å². The van der Waals surface area contributed by atoms with E-state index in [1.807, 2.05) is 47.0 Å². The number of hydrogen-bond acceptors (Lipinski definition) is 6. The Morgan fingerprint density at radius 3 is 2.19 bits per heavy atom. The second-order valence-corrected chi connectivity index (χ2v) is 13.7. The molecule has 47 heavy (non-hydrogen) atoms. The number of nitrogens with zero attached hydrogens (tertiary/aromatic N) is 2. The molecule has 9 nitrogen and oxygen atoms in total. The van der Waals surface area contributed by atoms with Gasteiger partial charge in [-0.25, -0.2) is 0 Å². The van der Waals surface area contributed by atoms with Crippen molar-refractivity contribution in [2.24, 2.45) is 5.92 Å². The molecule has 244 valence electrons.